The summed E-state index contributed by atoms with van der Waals surface area (Å²) in [5.41, 5.74) is 2.12. The molecule has 1 aromatic heterocycles. The van der Waals surface area contributed by atoms with E-state index in [2.05, 4.69) is 45.5 Å². The lowest BCUT2D eigenvalue weighted by Crippen LogP contribution is -2.33. The predicted molar refractivity (Wildman–Crippen MR) is 98.0 cm³/mol. The number of nitrogens with zero attached hydrogens (tertiary/aromatic N) is 3. The molecule has 0 aromatic carbocycles. The molecule has 8 nitrogen and oxygen atoms in total. The van der Waals surface area contributed by atoms with Crippen molar-refractivity contribution in [3.63, 3.8) is 0 Å². The van der Waals surface area contributed by atoms with Gasteiger partial charge in [-0.05, 0) is 26.0 Å². The molecule has 0 amide bonds. The molecule has 2 N–H and O–H groups in total. The highest BCUT2D eigenvalue weighted by molar-refractivity contribution is 6.99. The van der Waals surface area contributed by atoms with E-state index in [1.54, 1.807) is 0 Å². The van der Waals surface area contributed by atoms with Crippen molar-refractivity contribution in [3.05, 3.63) is 11.8 Å². The topological polar surface area (TPSA) is 113 Å². The van der Waals surface area contributed by atoms with E-state index in [4.69, 9.17) is 24.5 Å². The van der Waals surface area contributed by atoms with Gasteiger partial charge in [0, 0.05) is 25.4 Å². The maximum Gasteiger partial charge on any atom is 0.414 e. The number of hydrogen-bond donors (Lipinski definition) is 2. The standard InChI is InChI=1S/C15H21N3OS.C2H2O4/c1-4-5-6-7-10-19-15-14(16-20-17-15)13-9-8-12(2)18(3)11-13;3-1(4)2(5)6/h9,12H,4,7-8,10-11H2,1-3H3;(H,3,4)(H,5,6). The van der Waals surface area contributed by atoms with Crippen LogP contribution < -0.4 is 4.74 Å². The fourth-order valence-electron chi connectivity index (χ4n) is 2.04. The van der Waals surface area contributed by atoms with Crippen molar-refractivity contribution in [1.82, 2.24) is 13.6 Å². The molecule has 0 spiro atoms. The highest BCUT2D eigenvalue weighted by Gasteiger charge is 2.21. The summed E-state index contributed by atoms with van der Waals surface area (Å²) in [5.74, 6) is 3.11. The van der Waals surface area contributed by atoms with Gasteiger partial charge in [0.15, 0.2) is 0 Å². The number of carbonyl (C=O) groups is 2. The van der Waals surface area contributed by atoms with Gasteiger partial charge in [-0.3, -0.25) is 4.90 Å². The number of rotatable bonds is 4. The third-order valence-corrected chi connectivity index (χ3v) is 4.10. The molecule has 1 atom stereocenters. The number of hydrogen-bond acceptors (Lipinski definition) is 7. The molecule has 1 aliphatic heterocycles. The summed E-state index contributed by atoms with van der Waals surface area (Å²) in [4.78, 5) is 20.5. The Hall–Kier alpha value is -2.44. The van der Waals surface area contributed by atoms with E-state index in [0.717, 1.165) is 31.5 Å². The zero-order chi connectivity index (χ0) is 19.5. The lowest BCUT2D eigenvalue weighted by molar-refractivity contribution is -0.159. The van der Waals surface area contributed by atoms with Crippen LogP contribution in [0.5, 0.6) is 5.88 Å². The van der Waals surface area contributed by atoms with Gasteiger partial charge in [-0.1, -0.05) is 18.9 Å². The Balaban J connectivity index is 0.000000487. The summed E-state index contributed by atoms with van der Waals surface area (Å²) >= 11 is 1.21. The van der Waals surface area contributed by atoms with Crippen molar-refractivity contribution in [1.29, 1.82) is 0 Å². The van der Waals surface area contributed by atoms with Crippen molar-refractivity contribution in [2.45, 2.75) is 39.2 Å². The maximum absolute atomic E-state index is 9.10. The second kappa shape index (κ2) is 11.2. The molecule has 2 rings (SSSR count). The normalized spacial score (nSPS) is 16.4. The van der Waals surface area contributed by atoms with E-state index < -0.39 is 11.9 Å². The second-order valence-corrected chi connectivity index (χ2v) is 6.09. The summed E-state index contributed by atoms with van der Waals surface area (Å²) in [7, 11) is 2.14. The van der Waals surface area contributed by atoms with Crippen LogP contribution in [-0.2, 0) is 9.59 Å². The maximum atomic E-state index is 9.10. The first-order valence-electron chi connectivity index (χ1n) is 8.13. The summed E-state index contributed by atoms with van der Waals surface area (Å²) < 4.78 is 14.4. The fraction of sp³-hybridized carbons (Fsp3) is 0.529. The van der Waals surface area contributed by atoms with Crippen molar-refractivity contribution in [2.75, 3.05) is 20.2 Å². The van der Waals surface area contributed by atoms with E-state index in [-0.39, 0.29) is 0 Å². The zero-order valence-corrected chi connectivity index (χ0v) is 15.9. The van der Waals surface area contributed by atoms with Gasteiger partial charge in [-0.2, -0.15) is 4.37 Å². The first kappa shape index (κ1) is 21.6. The van der Waals surface area contributed by atoms with Crippen LogP contribution in [0, 0.1) is 11.8 Å². The molecule has 0 fully saturated rings. The Morgan fingerprint density at radius 2 is 2.04 bits per heavy atom. The molecule has 142 valence electrons. The van der Waals surface area contributed by atoms with Crippen molar-refractivity contribution in [3.8, 4) is 17.7 Å². The first-order chi connectivity index (χ1) is 12.4. The van der Waals surface area contributed by atoms with Gasteiger partial charge in [0.2, 0.25) is 0 Å². The number of likely N-dealkylation sites (N-methyl/N-ethyl adjacent to an activating group) is 1. The van der Waals surface area contributed by atoms with E-state index >= 15 is 0 Å². The number of ether oxygens (including phenoxy) is 1. The Morgan fingerprint density at radius 3 is 2.62 bits per heavy atom. The molecule has 9 heteroatoms. The number of carboxylic acid groups (broad SMARTS) is 2. The molecular weight excluding hydrogens is 358 g/mol. The first-order valence-corrected chi connectivity index (χ1v) is 8.86. The molecule has 26 heavy (non-hydrogen) atoms. The van der Waals surface area contributed by atoms with Crippen molar-refractivity contribution >= 4 is 29.2 Å². The Bertz CT molecular complexity index is 693. The molecule has 0 saturated carbocycles. The van der Waals surface area contributed by atoms with E-state index in [9.17, 15) is 0 Å². The number of aliphatic carboxylic acids is 2. The Kier molecular flexibility index (Phi) is 9.33. The lowest BCUT2D eigenvalue weighted by Gasteiger charge is -2.29. The quantitative estimate of drug-likeness (QED) is 0.462. The van der Waals surface area contributed by atoms with Crippen molar-refractivity contribution < 1.29 is 24.5 Å². The van der Waals surface area contributed by atoms with E-state index in [1.807, 2.05) is 6.92 Å². The summed E-state index contributed by atoms with van der Waals surface area (Å²) in [6.07, 6.45) is 4.93. The van der Waals surface area contributed by atoms with Gasteiger partial charge >= 0.3 is 11.9 Å². The average molecular weight is 381 g/mol. The third kappa shape index (κ3) is 7.21. The Morgan fingerprint density at radius 1 is 1.35 bits per heavy atom. The van der Waals surface area contributed by atoms with Crippen LogP contribution in [0.25, 0.3) is 5.57 Å². The monoisotopic (exact) mass is 381 g/mol. The molecule has 0 bridgehead atoms. The minimum Gasteiger partial charge on any atom is -0.474 e. The van der Waals surface area contributed by atoms with E-state index in [0.29, 0.717) is 18.5 Å². The van der Waals surface area contributed by atoms with Gasteiger partial charge in [-0.25, -0.2) is 9.59 Å². The molecular formula is C17H23N3O5S. The van der Waals surface area contributed by atoms with Gasteiger partial charge in [-0.15, -0.1) is 10.3 Å². The molecule has 1 aliphatic rings. The molecule has 0 radical (unpaired) electrons. The van der Waals surface area contributed by atoms with Crippen LogP contribution in [0.2, 0.25) is 0 Å². The molecule has 2 heterocycles. The van der Waals surface area contributed by atoms with Crippen LogP contribution in [0.3, 0.4) is 0 Å². The zero-order valence-electron chi connectivity index (χ0n) is 15.1. The van der Waals surface area contributed by atoms with Crippen LogP contribution in [-0.4, -0.2) is 62.0 Å². The highest BCUT2D eigenvalue weighted by Crippen LogP contribution is 2.28. The molecule has 0 saturated heterocycles. The third-order valence-electron chi connectivity index (χ3n) is 3.59. The van der Waals surface area contributed by atoms with Crippen LogP contribution in [0.4, 0.5) is 0 Å². The van der Waals surface area contributed by atoms with Crippen LogP contribution in [0.15, 0.2) is 6.08 Å². The summed E-state index contributed by atoms with van der Waals surface area (Å²) in [5, 5.41) is 14.8. The van der Waals surface area contributed by atoms with Gasteiger partial charge in [0.1, 0.15) is 12.3 Å². The van der Waals surface area contributed by atoms with Crippen molar-refractivity contribution in [2.24, 2.45) is 0 Å². The predicted octanol–water partition coefficient (Wildman–Crippen LogP) is 1.98. The van der Waals surface area contributed by atoms with Gasteiger partial charge in [0.05, 0.1) is 11.7 Å². The highest BCUT2D eigenvalue weighted by atomic mass is 32.1. The van der Waals surface area contributed by atoms with Gasteiger partial charge < -0.3 is 14.9 Å². The molecule has 0 aliphatic carbocycles. The molecule has 1 unspecified atom stereocenters. The molecule has 1 aromatic rings. The van der Waals surface area contributed by atoms with Crippen LogP contribution >= 0.6 is 11.7 Å². The van der Waals surface area contributed by atoms with Crippen LogP contribution in [0.1, 0.15) is 38.8 Å². The lowest BCUT2D eigenvalue weighted by atomic mass is 10.0. The SMILES string of the molecule is CCC#CCCOc1nsnc1C1=CCC(C)N(C)C1.O=C(O)C(=O)O. The average Bonchev–Trinajstić information content (AvgIpc) is 3.06. The van der Waals surface area contributed by atoms with E-state index in [1.165, 1.54) is 17.3 Å². The number of carboxylic acids is 2. The summed E-state index contributed by atoms with van der Waals surface area (Å²) in [6.45, 7) is 5.75. The minimum absolute atomic E-state index is 0.574. The second-order valence-electron chi connectivity index (χ2n) is 5.56. The fourth-order valence-corrected chi connectivity index (χ4v) is 2.57. The minimum atomic E-state index is -1.82. The Labute approximate surface area is 156 Å². The smallest absolute Gasteiger partial charge is 0.414 e. The number of aromatic nitrogens is 2. The van der Waals surface area contributed by atoms with Gasteiger partial charge in [0.25, 0.3) is 5.88 Å². The summed E-state index contributed by atoms with van der Waals surface area (Å²) in [6, 6.07) is 0.582. The largest absolute Gasteiger partial charge is 0.474 e.